The minimum absolute atomic E-state index is 0.160. The molecule has 0 saturated carbocycles. The maximum Gasteiger partial charge on any atom is 0.308 e. The second kappa shape index (κ2) is 7.54. The summed E-state index contributed by atoms with van der Waals surface area (Å²) in [6.45, 7) is 1.35. The van der Waals surface area contributed by atoms with E-state index in [0.717, 1.165) is 51.8 Å². The van der Waals surface area contributed by atoms with E-state index in [2.05, 4.69) is 10.3 Å². The van der Waals surface area contributed by atoms with Crippen molar-refractivity contribution < 1.29 is 19.1 Å². The number of carbonyl (C=O) groups is 2. The number of ketones is 1. The van der Waals surface area contributed by atoms with Crippen LogP contribution in [-0.4, -0.2) is 23.8 Å². The van der Waals surface area contributed by atoms with Gasteiger partial charge in [-0.1, -0.05) is 12.1 Å². The number of rotatable bonds is 3. The Morgan fingerprint density at radius 3 is 2.81 bits per heavy atom. The van der Waals surface area contributed by atoms with Crippen molar-refractivity contribution in [3.63, 3.8) is 0 Å². The summed E-state index contributed by atoms with van der Waals surface area (Å²) < 4.78 is 10.8. The van der Waals surface area contributed by atoms with Gasteiger partial charge in [-0.2, -0.15) is 0 Å². The van der Waals surface area contributed by atoms with Crippen LogP contribution in [0.4, 0.5) is 5.69 Å². The first kappa shape index (κ1) is 19.3. The quantitative estimate of drug-likeness (QED) is 0.493. The molecule has 1 N–H and O–H groups in total. The van der Waals surface area contributed by atoms with E-state index < -0.39 is 5.97 Å². The molecule has 0 amide bonds. The van der Waals surface area contributed by atoms with E-state index in [9.17, 15) is 9.59 Å². The number of hydrogen-bond acceptors (Lipinski definition) is 6. The third-order valence-corrected chi connectivity index (χ3v) is 5.92. The van der Waals surface area contributed by atoms with Crippen molar-refractivity contribution in [1.29, 1.82) is 0 Å². The lowest BCUT2D eigenvalue weighted by molar-refractivity contribution is -0.132. The van der Waals surface area contributed by atoms with Gasteiger partial charge in [-0.25, -0.2) is 0 Å². The number of ether oxygens (including phenoxy) is 2. The molecule has 0 spiro atoms. The maximum absolute atomic E-state index is 13.1. The second-order valence-electron chi connectivity index (χ2n) is 7.83. The highest BCUT2D eigenvalue weighted by Crippen LogP contribution is 2.48. The Morgan fingerprint density at radius 2 is 2.00 bits per heavy atom. The van der Waals surface area contributed by atoms with Gasteiger partial charge in [0.1, 0.15) is 0 Å². The molecular formula is C25H22N2O4. The summed E-state index contributed by atoms with van der Waals surface area (Å²) in [6, 6.07) is 13.5. The van der Waals surface area contributed by atoms with E-state index in [1.54, 1.807) is 12.3 Å². The third-order valence-electron chi connectivity index (χ3n) is 5.92. The number of benzene rings is 2. The first-order chi connectivity index (χ1) is 15.1. The fourth-order valence-corrected chi connectivity index (χ4v) is 4.67. The van der Waals surface area contributed by atoms with Crippen LogP contribution in [0.25, 0.3) is 10.9 Å². The molecule has 1 atom stereocenters. The summed E-state index contributed by atoms with van der Waals surface area (Å²) in [6.07, 6.45) is 3.99. The largest absolute Gasteiger partial charge is 0.493 e. The van der Waals surface area contributed by atoms with Gasteiger partial charge >= 0.3 is 5.97 Å². The summed E-state index contributed by atoms with van der Waals surface area (Å²) in [7, 11) is 1.54. The molecule has 1 aromatic heterocycles. The highest BCUT2D eigenvalue weighted by Gasteiger charge is 2.36. The van der Waals surface area contributed by atoms with Gasteiger partial charge in [0.25, 0.3) is 0 Å². The average molecular weight is 414 g/mol. The minimum Gasteiger partial charge on any atom is -0.493 e. The van der Waals surface area contributed by atoms with Crippen molar-refractivity contribution in [3.8, 4) is 11.5 Å². The van der Waals surface area contributed by atoms with Crippen LogP contribution in [0.15, 0.2) is 59.9 Å². The average Bonchev–Trinajstić information content (AvgIpc) is 2.77. The summed E-state index contributed by atoms with van der Waals surface area (Å²) in [5.74, 6) is 0.302. The lowest BCUT2D eigenvalue weighted by atomic mass is 9.74. The number of anilines is 1. The second-order valence-corrected chi connectivity index (χ2v) is 7.83. The van der Waals surface area contributed by atoms with E-state index in [1.165, 1.54) is 14.0 Å². The predicted molar refractivity (Wildman–Crippen MR) is 117 cm³/mol. The molecule has 0 radical (unpaired) electrons. The number of pyridine rings is 1. The number of Topliss-reactive ketones (excluding diaryl/α,β-unsaturated/α-hetero) is 1. The number of aromatic nitrogens is 1. The molecule has 0 saturated heterocycles. The smallest absolute Gasteiger partial charge is 0.308 e. The topological polar surface area (TPSA) is 77.5 Å². The Hall–Kier alpha value is -3.67. The van der Waals surface area contributed by atoms with Crippen molar-refractivity contribution in [2.75, 3.05) is 12.4 Å². The molecule has 6 heteroatoms. The maximum atomic E-state index is 13.1. The number of carbonyl (C=O) groups excluding carboxylic acids is 2. The van der Waals surface area contributed by atoms with Gasteiger partial charge in [0.2, 0.25) is 0 Å². The molecule has 1 aliphatic heterocycles. The number of esters is 1. The molecule has 2 aliphatic rings. The van der Waals surface area contributed by atoms with Crippen LogP contribution in [0, 0.1) is 0 Å². The van der Waals surface area contributed by atoms with Gasteiger partial charge in [0, 0.05) is 47.8 Å². The van der Waals surface area contributed by atoms with Crippen molar-refractivity contribution in [3.05, 3.63) is 71.1 Å². The molecule has 0 bridgehead atoms. The lowest BCUT2D eigenvalue weighted by Crippen LogP contribution is -2.27. The van der Waals surface area contributed by atoms with Gasteiger partial charge in [-0.3, -0.25) is 14.6 Å². The van der Waals surface area contributed by atoms with Gasteiger partial charge in [-0.05, 0) is 54.3 Å². The van der Waals surface area contributed by atoms with E-state index in [4.69, 9.17) is 9.47 Å². The third kappa shape index (κ3) is 3.24. The number of hydrogen-bond donors (Lipinski definition) is 1. The molecule has 3 aromatic rings. The lowest BCUT2D eigenvalue weighted by Gasteiger charge is -2.35. The minimum atomic E-state index is -0.414. The van der Waals surface area contributed by atoms with Crippen molar-refractivity contribution in [2.24, 2.45) is 0 Å². The molecular weight excluding hydrogens is 392 g/mol. The molecule has 0 unspecified atom stereocenters. The summed E-state index contributed by atoms with van der Waals surface area (Å²) >= 11 is 0. The number of fused-ring (bicyclic) bond motifs is 3. The van der Waals surface area contributed by atoms with Crippen molar-refractivity contribution in [2.45, 2.75) is 32.1 Å². The van der Waals surface area contributed by atoms with Gasteiger partial charge < -0.3 is 14.8 Å². The first-order valence-electron chi connectivity index (χ1n) is 10.3. The fraction of sp³-hybridized carbons (Fsp3) is 0.240. The Balaban J connectivity index is 1.76. The van der Waals surface area contributed by atoms with Crippen LogP contribution in [0.1, 0.15) is 43.2 Å². The van der Waals surface area contributed by atoms with Gasteiger partial charge in [-0.15, -0.1) is 0 Å². The Bertz CT molecular complexity index is 1260. The Kier molecular flexibility index (Phi) is 4.70. The van der Waals surface area contributed by atoms with E-state index in [-0.39, 0.29) is 11.7 Å². The van der Waals surface area contributed by atoms with E-state index in [1.807, 2.05) is 36.4 Å². The fourth-order valence-electron chi connectivity index (χ4n) is 4.67. The van der Waals surface area contributed by atoms with E-state index >= 15 is 0 Å². The zero-order valence-corrected chi connectivity index (χ0v) is 17.4. The summed E-state index contributed by atoms with van der Waals surface area (Å²) in [4.78, 5) is 29.1. The molecule has 156 valence electrons. The van der Waals surface area contributed by atoms with Crippen molar-refractivity contribution in [1.82, 2.24) is 4.98 Å². The highest BCUT2D eigenvalue weighted by atomic mass is 16.6. The van der Waals surface area contributed by atoms with Crippen LogP contribution >= 0.6 is 0 Å². The zero-order chi connectivity index (χ0) is 21.5. The standard InChI is InChI=1S/C25H22N2O4/c1-14(28)31-21-11-8-15(13-22(21)30-2)23-24-16-5-4-12-26-17(16)9-10-19(24)27-18-6-3-7-20(29)25(18)23/h4-5,8-13,23,27H,3,6-7H2,1-2H3/t23-/m0/s1. The molecule has 0 fully saturated rings. The SMILES string of the molecule is COc1cc([C@@H]2C3=C(CCCC3=O)Nc3ccc4ncccc4c32)ccc1OC(C)=O. The van der Waals surface area contributed by atoms with Crippen LogP contribution in [0.3, 0.4) is 0 Å². The molecule has 1 aliphatic carbocycles. The number of nitrogens with zero attached hydrogens (tertiary/aromatic N) is 1. The molecule has 2 heterocycles. The first-order valence-corrected chi connectivity index (χ1v) is 10.3. The summed E-state index contributed by atoms with van der Waals surface area (Å²) in [5, 5.41) is 4.52. The Labute approximate surface area is 179 Å². The van der Waals surface area contributed by atoms with Crippen molar-refractivity contribution >= 4 is 28.3 Å². The monoisotopic (exact) mass is 414 g/mol. The van der Waals surface area contributed by atoms with Gasteiger partial charge in [0.15, 0.2) is 17.3 Å². The van der Waals surface area contributed by atoms with Crippen LogP contribution in [0.2, 0.25) is 0 Å². The zero-order valence-electron chi connectivity index (χ0n) is 17.4. The molecule has 31 heavy (non-hydrogen) atoms. The highest BCUT2D eigenvalue weighted by molar-refractivity contribution is 6.03. The predicted octanol–water partition coefficient (Wildman–Crippen LogP) is 4.73. The van der Waals surface area contributed by atoms with Crippen LogP contribution in [0.5, 0.6) is 11.5 Å². The number of allylic oxidation sites excluding steroid dienone is 2. The number of nitrogens with one attached hydrogen (secondary N) is 1. The van der Waals surface area contributed by atoms with Crippen LogP contribution in [-0.2, 0) is 9.59 Å². The van der Waals surface area contributed by atoms with E-state index in [0.29, 0.717) is 17.9 Å². The normalized spacial score (nSPS) is 17.6. The van der Waals surface area contributed by atoms with Gasteiger partial charge in [0.05, 0.1) is 12.6 Å². The number of methoxy groups -OCH3 is 1. The van der Waals surface area contributed by atoms with Crippen LogP contribution < -0.4 is 14.8 Å². The Morgan fingerprint density at radius 1 is 1.13 bits per heavy atom. The molecule has 6 nitrogen and oxygen atoms in total. The summed E-state index contributed by atoms with van der Waals surface area (Å²) in [5.41, 5.74) is 5.60. The molecule has 2 aromatic carbocycles. The molecule has 5 rings (SSSR count).